The second-order valence-corrected chi connectivity index (χ2v) is 5.27. The van der Waals surface area contributed by atoms with Crippen LogP contribution in [0.25, 0.3) is 0 Å². The molecule has 2 rings (SSSR count). The lowest BCUT2D eigenvalue weighted by Gasteiger charge is -2.11. The van der Waals surface area contributed by atoms with Crippen LogP contribution in [0.1, 0.15) is 16.1 Å². The number of hydrogen-bond donors (Lipinski definition) is 0. The second kappa shape index (κ2) is 2.59. The van der Waals surface area contributed by atoms with Gasteiger partial charge >= 0.3 is 0 Å². The topological polar surface area (TPSA) is 72.3 Å². The van der Waals surface area contributed by atoms with Gasteiger partial charge in [0.25, 0.3) is 5.91 Å². The Morgan fingerprint density at radius 3 is 3.08 bits per heavy atom. The summed E-state index contributed by atoms with van der Waals surface area (Å²) >= 11 is 0. The van der Waals surface area contributed by atoms with Crippen molar-refractivity contribution in [1.82, 2.24) is 9.97 Å². The van der Waals surface area contributed by atoms with Crippen LogP contribution in [-0.2, 0) is 15.5 Å². The molecule has 68 valence electrons. The minimum atomic E-state index is -2.41. The van der Waals surface area contributed by atoms with Gasteiger partial charge in [-0.25, -0.2) is 14.2 Å². The largest absolute Gasteiger partial charge is 0.288 e. The molecule has 1 aromatic heterocycles. The fraction of sp³-hybridized carbons (Fsp3) is 0.286. The third kappa shape index (κ3) is 1.44. The molecule has 1 aliphatic heterocycles. The molecule has 0 aliphatic carbocycles. The van der Waals surface area contributed by atoms with E-state index >= 15 is 0 Å². The van der Waals surface area contributed by atoms with Crippen molar-refractivity contribution in [1.29, 1.82) is 0 Å². The van der Waals surface area contributed by atoms with E-state index in [0.29, 0.717) is 11.3 Å². The summed E-state index contributed by atoms with van der Waals surface area (Å²) in [6, 6.07) is 0. The summed E-state index contributed by atoms with van der Waals surface area (Å²) in [4.78, 5) is 18.9. The van der Waals surface area contributed by atoms with Crippen molar-refractivity contribution < 1.29 is 9.00 Å². The van der Waals surface area contributed by atoms with Gasteiger partial charge in [-0.05, 0) is 0 Å². The molecule has 1 aliphatic rings. The van der Waals surface area contributed by atoms with Gasteiger partial charge in [0.1, 0.15) is 6.33 Å². The Hall–Kier alpha value is -1.30. The molecule has 0 spiro atoms. The van der Waals surface area contributed by atoms with Crippen LogP contribution in [0.15, 0.2) is 16.9 Å². The first-order valence-electron chi connectivity index (χ1n) is 3.61. The number of carbonyl (C=O) groups excluding carboxylic acids is 1. The van der Waals surface area contributed by atoms with Gasteiger partial charge in [-0.1, -0.05) is 0 Å². The lowest BCUT2D eigenvalue weighted by atomic mass is 10.2. The van der Waals surface area contributed by atoms with Gasteiger partial charge in [0.05, 0.1) is 26.7 Å². The molecule has 6 heteroatoms. The summed E-state index contributed by atoms with van der Waals surface area (Å²) < 4.78 is 15.1. The van der Waals surface area contributed by atoms with Crippen molar-refractivity contribution in [2.75, 3.05) is 6.26 Å². The predicted octanol–water partition coefficient (Wildman–Crippen LogP) is 0.228. The van der Waals surface area contributed by atoms with Crippen LogP contribution >= 0.6 is 0 Å². The first-order valence-corrected chi connectivity index (χ1v) is 5.71. The van der Waals surface area contributed by atoms with Crippen LogP contribution in [0.2, 0.25) is 0 Å². The van der Waals surface area contributed by atoms with Crippen molar-refractivity contribution in [3.05, 3.63) is 23.8 Å². The van der Waals surface area contributed by atoms with Crippen molar-refractivity contribution in [3.8, 4) is 0 Å². The minimum Gasteiger partial charge on any atom is -0.266 e. The summed E-state index contributed by atoms with van der Waals surface area (Å²) in [7, 11) is -2.41. The second-order valence-electron chi connectivity index (χ2n) is 2.88. The number of aromatic nitrogens is 2. The van der Waals surface area contributed by atoms with E-state index in [1.54, 1.807) is 0 Å². The zero-order valence-electron chi connectivity index (χ0n) is 6.93. The fourth-order valence-electron chi connectivity index (χ4n) is 1.16. The van der Waals surface area contributed by atoms with Gasteiger partial charge in [-0.2, -0.15) is 4.36 Å². The molecule has 0 saturated heterocycles. The zero-order chi connectivity index (χ0) is 9.47. The molecule has 1 aromatic rings. The van der Waals surface area contributed by atoms with Gasteiger partial charge in [0, 0.05) is 12.5 Å². The first kappa shape index (κ1) is 8.31. The Kier molecular flexibility index (Phi) is 1.66. The summed E-state index contributed by atoms with van der Waals surface area (Å²) in [5, 5.41) is 0. The number of amides is 1. The Balaban J connectivity index is 2.66. The molecule has 1 atom stereocenters. The molecule has 0 radical (unpaired) electrons. The van der Waals surface area contributed by atoms with Gasteiger partial charge in [0.15, 0.2) is 0 Å². The van der Waals surface area contributed by atoms with Crippen molar-refractivity contribution in [3.63, 3.8) is 0 Å². The monoisotopic (exact) mass is 197 g/mol. The highest BCUT2D eigenvalue weighted by molar-refractivity contribution is 7.92. The molecular weight excluding hydrogens is 190 g/mol. The van der Waals surface area contributed by atoms with E-state index in [-0.39, 0.29) is 5.75 Å². The molecule has 0 N–H and O–H groups in total. The summed E-state index contributed by atoms with van der Waals surface area (Å²) in [6.45, 7) is 0. The summed E-state index contributed by atoms with van der Waals surface area (Å²) in [6.07, 6.45) is 4.20. The Labute approximate surface area is 75.4 Å². The molecule has 0 fully saturated rings. The minimum absolute atomic E-state index is 0.233. The number of hydrogen-bond acceptors (Lipinski definition) is 4. The average molecular weight is 197 g/mol. The number of carbonyl (C=O) groups is 1. The molecule has 1 unspecified atom stereocenters. The third-order valence-corrected chi connectivity index (χ3v) is 3.07. The highest BCUT2D eigenvalue weighted by Gasteiger charge is 2.22. The maximum Gasteiger partial charge on any atom is 0.288 e. The average Bonchev–Trinajstić information content (AvgIpc) is 2.02. The Morgan fingerprint density at radius 1 is 1.54 bits per heavy atom. The van der Waals surface area contributed by atoms with Crippen molar-refractivity contribution in [2.45, 2.75) is 5.75 Å². The van der Waals surface area contributed by atoms with Crippen LogP contribution in [0.3, 0.4) is 0 Å². The van der Waals surface area contributed by atoms with Crippen molar-refractivity contribution >= 4 is 15.6 Å². The number of nitrogens with zero attached hydrogens (tertiary/aromatic N) is 3. The Morgan fingerprint density at radius 2 is 2.31 bits per heavy atom. The van der Waals surface area contributed by atoms with Gasteiger partial charge in [-0.3, -0.25) is 4.79 Å². The van der Waals surface area contributed by atoms with E-state index in [1.165, 1.54) is 18.8 Å². The number of fused-ring (bicyclic) bond motifs is 1. The number of rotatable bonds is 0. The van der Waals surface area contributed by atoms with Crippen LogP contribution in [0, 0.1) is 0 Å². The molecule has 13 heavy (non-hydrogen) atoms. The quantitative estimate of drug-likeness (QED) is 0.596. The van der Waals surface area contributed by atoms with E-state index in [4.69, 9.17) is 0 Å². The van der Waals surface area contributed by atoms with Gasteiger partial charge in [0.2, 0.25) is 0 Å². The Bertz CT molecular complexity index is 488. The highest BCUT2D eigenvalue weighted by atomic mass is 32.2. The van der Waals surface area contributed by atoms with E-state index in [1.807, 2.05) is 0 Å². The fourth-order valence-corrected chi connectivity index (χ4v) is 2.41. The maximum atomic E-state index is 11.5. The van der Waals surface area contributed by atoms with E-state index < -0.39 is 15.6 Å². The molecule has 2 heterocycles. The zero-order valence-corrected chi connectivity index (χ0v) is 7.74. The van der Waals surface area contributed by atoms with Gasteiger partial charge in [-0.15, -0.1) is 0 Å². The van der Waals surface area contributed by atoms with Crippen LogP contribution in [0.5, 0.6) is 0 Å². The summed E-state index contributed by atoms with van der Waals surface area (Å²) in [5.41, 5.74) is 0.894. The standard InChI is InChI=1S/C7H7N3O2S/c1-13(12)3-6-5(7(11)10-13)2-8-4-9-6/h2,4H,3H2,1H3. The lowest BCUT2D eigenvalue weighted by Crippen LogP contribution is -2.16. The highest BCUT2D eigenvalue weighted by Crippen LogP contribution is 2.16. The SMILES string of the molecule is CS1(=O)=NC(=O)c2cncnc2C1. The van der Waals surface area contributed by atoms with Crippen LogP contribution < -0.4 is 0 Å². The molecular formula is C7H7N3O2S. The van der Waals surface area contributed by atoms with Crippen LogP contribution in [-0.4, -0.2) is 26.3 Å². The summed E-state index contributed by atoms with van der Waals surface area (Å²) in [5.74, 6) is -0.245. The molecule has 0 saturated carbocycles. The van der Waals surface area contributed by atoms with E-state index in [9.17, 15) is 9.00 Å². The molecule has 0 bridgehead atoms. The van der Waals surface area contributed by atoms with Gasteiger partial charge < -0.3 is 0 Å². The van der Waals surface area contributed by atoms with Crippen LogP contribution in [0.4, 0.5) is 0 Å². The third-order valence-electron chi connectivity index (χ3n) is 1.71. The maximum absolute atomic E-state index is 11.5. The van der Waals surface area contributed by atoms with E-state index in [0.717, 1.165) is 0 Å². The van der Waals surface area contributed by atoms with E-state index in [2.05, 4.69) is 14.3 Å². The normalized spacial score (nSPS) is 26.4. The molecule has 0 aromatic carbocycles. The van der Waals surface area contributed by atoms with Crippen molar-refractivity contribution in [2.24, 2.45) is 4.36 Å². The first-order chi connectivity index (χ1) is 6.08. The molecule has 5 nitrogen and oxygen atoms in total. The smallest absolute Gasteiger partial charge is 0.266 e. The molecule has 1 amide bonds. The lowest BCUT2D eigenvalue weighted by molar-refractivity contribution is 0.100. The predicted molar refractivity (Wildman–Crippen MR) is 46.6 cm³/mol.